The number of carboxylic acid groups (broad SMARTS) is 1. The first-order valence-corrected chi connectivity index (χ1v) is 32.5. The van der Waals surface area contributed by atoms with E-state index in [2.05, 4.69) is 52.9 Å². The average Bonchev–Trinajstić information content (AvgIpc) is 4.00. The van der Waals surface area contributed by atoms with Gasteiger partial charge >= 0.3 is 5.97 Å². The summed E-state index contributed by atoms with van der Waals surface area (Å²) in [6.45, 7) is 18.1. The molecule has 4 unspecified atom stereocenters. The molecule has 0 heterocycles. The summed E-state index contributed by atoms with van der Waals surface area (Å²) in [6, 6.07) is 8.20. The van der Waals surface area contributed by atoms with Crippen LogP contribution in [-0.4, -0.2) is 57.7 Å². The summed E-state index contributed by atoms with van der Waals surface area (Å²) in [7, 11) is 0. The molecule has 0 spiro atoms. The molecule has 10 nitrogen and oxygen atoms in total. The summed E-state index contributed by atoms with van der Waals surface area (Å²) in [5, 5.41) is 11.6. The number of amides is 1. The number of allylic oxidation sites excluding steroid dienone is 2. The monoisotopic (exact) mass is 1110 g/mol. The molecule has 3 saturated carbocycles. The minimum absolute atomic E-state index is 0.0131. The highest BCUT2D eigenvalue weighted by molar-refractivity contribution is 5.89. The predicted molar refractivity (Wildman–Crippen MR) is 323 cm³/mol. The largest absolute Gasteiger partial charge is 0.480 e. The van der Waals surface area contributed by atoms with Gasteiger partial charge in [-0.25, -0.2) is 0 Å². The number of benzene rings is 1. The maximum absolute atomic E-state index is 12.7. The van der Waals surface area contributed by atoms with Crippen molar-refractivity contribution in [3.05, 3.63) is 47.5 Å². The molecule has 1 amide bonds. The van der Waals surface area contributed by atoms with Crippen molar-refractivity contribution in [1.29, 1.82) is 0 Å². The number of aliphatic carboxylic acids is 1. The molecule has 0 radical (unpaired) electrons. The molecule has 1 aromatic carbocycles. The third-order valence-electron chi connectivity index (χ3n) is 19.9. The topological polar surface area (TPSA) is 169 Å². The lowest BCUT2D eigenvalue weighted by atomic mass is 9.46. The third kappa shape index (κ3) is 23.3. The van der Waals surface area contributed by atoms with Crippen molar-refractivity contribution in [2.75, 3.05) is 0 Å². The molecule has 2 N–H and O–H groups in total. The maximum Gasteiger partial charge on any atom is 0.325 e. The first kappa shape index (κ1) is 68.4. The maximum atomic E-state index is 12.7. The smallest absolute Gasteiger partial charge is 0.325 e. The van der Waals surface area contributed by atoms with Gasteiger partial charge in [0.1, 0.15) is 40.7 Å². The molecule has 0 saturated heterocycles. The lowest BCUT2D eigenvalue weighted by Crippen LogP contribution is -2.50. The molecule has 1 aromatic rings. The van der Waals surface area contributed by atoms with Crippen molar-refractivity contribution in [3.8, 4) is 0 Å². The Kier molecular flexibility index (Phi) is 30.6. The summed E-state index contributed by atoms with van der Waals surface area (Å²) in [5.74, 6) is 4.69. The highest BCUT2D eigenvalue weighted by Crippen LogP contribution is 2.67. The van der Waals surface area contributed by atoms with Gasteiger partial charge in [0.15, 0.2) is 0 Å². The second-order valence-corrected chi connectivity index (χ2v) is 26.8. The molecule has 10 atom stereocenters. The Morgan fingerprint density at radius 3 is 1.74 bits per heavy atom. The summed E-state index contributed by atoms with van der Waals surface area (Å²) >= 11 is 0. The van der Waals surface area contributed by atoms with Crippen LogP contribution in [0.15, 0.2) is 42.0 Å². The minimum Gasteiger partial charge on any atom is -0.480 e. The van der Waals surface area contributed by atoms with Crippen LogP contribution in [-0.2, 0) is 44.8 Å². The van der Waals surface area contributed by atoms with E-state index >= 15 is 0 Å². The molecule has 4 aliphatic rings. The number of Topliss-reactive ketones (excluding diaryl/α,β-unsaturated/α-hetero) is 6. The lowest BCUT2D eigenvalue weighted by molar-refractivity contribution is -0.142. The van der Waals surface area contributed by atoms with Crippen LogP contribution in [0.5, 0.6) is 0 Å². The fourth-order valence-corrected chi connectivity index (χ4v) is 15.1. The molecule has 0 bridgehead atoms. The van der Waals surface area contributed by atoms with E-state index in [0.29, 0.717) is 120 Å². The standard InChI is InChI=1S/C37H53NO9.C33H58/c1-27(39)13-9-18-32(41)20-11-22-34(43)24-12-23-33(42)21-10-19-31(40)16-7-4-8-17-35(44)26-30(25-29-14-5-3-6-15-29)36(45)38-28(2)37(46)47;1-7-8-9-10-14-26-19-21-32(5)27(23-26)15-16-28-30-18-17-29(25(4)13-11-12-24(2)3)33(30,6)22-20-31(28)32/h3,5-6,14-15,28,30H,4,7-13,16-26H2,1-2H3,(H,38,45)(H,46,47);15,24-26,28-31H,7-14,16-23H2,1-6H3/t28-,30+;25-,26+,28-,29?,30+,31?,32?,33?/m11/s1. The van der Waals surface area contributed by atoms with Gasteiger partial charge in [0.05, 0.1) is 0 Å². The van der Waals surface area contributed by atoms with Gasteiger partial charge in [-0.2, -0.15) is 0 Å². The van der Waals surface area contributed by atoms with E-state index in [1.54, 1.807) is 0 Å². The Morgan fingerprint density at radius 1 is 0.613 bits per heavy atom. The number of hydrogen-bond donors (Lipinski definition) is 2. The van der Waals surface area contributed by atoms with Crippen LogP contribution in [0.25, 0.3) is 0 Å². The molecule has 10 heteroatoms. The summed E-state index contributed by atoms with van der Waals surface area (Å²) in [6.07, 6.45) is 33.9. The molecular weight excluding hydrogens is 999 g/mol. The van der Waals surface area contributed by atoms with Gasteiger partial charge in [0.25, 0.3) is 0 Å². The first-order chi connectivity index (χ1) is 38.2. The second kappa shape index (κ2) is 35.8. The van der Waals surface area contributed by atoms with Crippen LogP contribution in [0.4, 0.5) is 0 Å². The minimum atomic E-state index is -1.15. The third-order valence-corrected chi connectivity index (χ3v) is 19.9. The van der Waals surface area contributed by atoms with E-state index in [4.69, 9.17) is 5.11 Å². The van der Waals surface area contributed by atoms with Crippen LogP contribution in [0.1, 0.15) is 279 Å². The van der Waals surface area contributed by atoms with Crippen LogP contribution in [0, 0.1) is 58.2 Å². The fraction of sp³-hybridized carbons (Fsp3) is 0.771. The van der Waals surface area contributed by atoms with Gasteiger partial charge in [-0.1, -0.05) is 141 Å². The van der Waals surface area contributed by atoms with Gasteiger partial charge in [-0.05, 0) is 168 Å². The molecule has 80 heavy (non-hydrogen) atoms. The number of rotatable bonds is 39. The van der Waals surface area contributed by atoms with Crippen molar-refractivity contribution in [2.45, 2.75) is 286 Å². The lowest BCUT2D eigenvalue weighted by Gasteiger charge is -2.58. The molecule has 5 rings (SSSR count). The molecule has 4 aliphatic carbocycles. The molecule has 0 aromatic heterocycles. The molecule has 0 aliphatic heterocycles. The Hall–Kier alpha value is -4.08. The van der Waals surface area contributed by atoms with Crippen LogP contribution in [0.2, 0.25) is 0 Å². The first-order valence-electron chi connectivity index (χ1n) is 32.5. The summed E-state index contributed by atoms with van der Waals surface area (Å²) in [4.78, 5) is 95.7. The zero-order chi connectivity index (χ0) is 58.7. The van der Waals surface area contributed by atoms with Crippen molar-refractivity contribution in [1.82, 2.24) is 5.32 Å². The quantitative estimate of drug-likeness (QED) is 0.0481. The van der Waals surface area contributed by atoms with Gasteiger partial charge in [-0.15, -0.1) is 0 Å². The van der Waals surface area contributed by atoms with Gasteiger partial charge < -0.3 is 15.2 Å². The normalized spacial score (nSPS) is 24.2. The Bertz CT molecular complexity index is 2140. The summed E-state index contributed by atoms with van der Waals surface area (Å²) in [5.41, 5.74) is 3.98. The SMILES string of the molecule is CC(=O)CCCC(=O)CCCC(=O)CCCC(=O)CCCC(=O)CCCCCC(=O)C[C@H](Cc1ccccc1)C(=O)N[C@H](C)C(=O)O.CCCCCC[C@H]1CCC2(C)C(=CC[C@H]3C2CCC2(C)C([C@H](C)CCCC(C)C)CC[C@@H]32)C1. The van der Waals surface area contributed by atoms with Crippen molar-refractivity contribution < 1.29 is 43.5 Å². The van der Waals surface area contributed by atoms with Crippen LogP contribution >= 0.6 is 0 Å². The van der Waals surface area contributed by atoms with Crippen LogP contribution < -0.4 is 5.32 Å². The number of carboxylic acids is 1. The van der Waals surface area contributed by atoms with E-state index in [1.165, 1.54) is 117 Å². The number of carbonyl (C=O) groups is 8. The summed E-state index contributed by atoms with van der Waals surface area (Å²) < 4.78 is 0. The van der Waals surface area contributed by atoms with E-state index in [1.807, 2.05) is 35.9 Å². The molecule has 3 fully saturated rings. The van der Waals surface area contributed by atoms with E-state index in [9.17, 15) is 38.4 Å². The van der Waals surface area contributed by atoms with Crippen molar-refractivity contribution in [3.63, 3.8) is 0 Å². The van der Waals surface area contributed by atoms with Gasteiger partial charge in [0, 0.05) is 76.5 Å². The average molecular weight is 1110 g/mol. The highest BCUT2D eigenvalue weighted by atomic mass is 16.4. The second-order valence-electron chi connectivity index (χ2n) is 26.8. The predicted octanol–water partition coefficient (Wildman–Crippen LogP) is 16.5. The molecule has 450 valence electrons. The zero-order valence-corrected chi connectivity index (χ0v) is 51.6. The Labute approximate surface area is 485 Å². The number of fused-ring (bicyclic) bond motifs is 5. The van der Waals surface area contributed by atoms with E-state index in [0.717, 1.165) is 47.0 Å². The number of carbonyl (C=O) groups excluding carboxylic acids is 7. The number of hydrogen-bond acceptors (Lipinski definition) is 8. The number of unbranched alkanes of at least 4 members (excludes halogenated alkanes) is 5. The highest BCUT2D eigenvalue weighted by Gasteiger charge is 2.59. The van der Waals surface area contributed by atoms with Crippen molar-refractivity contribution >= 4 is 46.6 Å². The Balaban J connectivity index is 0.000000364. The molecular formula is C70H111NO9. The van der Waals surface area contributed by atoms with Gasteiger partial charge in [-0.3, -0.25) is 33.6 Å². The zero-order valence-electron chi connectivity index (χ0n) is 51.6. The van der Waals surface area contributed by atoms with Crippen molar-refractivity contribution in [2.24, 2.45) is 58.2 Å². The van der Waals surface area contributed by atoms with Crippen LogP contribution in [0.3, 0.4) is 0 Å². The van der Waals surface area contributed by atoms with E-state index < -0.39 is 23.8 Å². The fourth-order valence-electron chi connectivity index (χ4n) is 15.1. The Morgan fingerprint density at radius 2 is 1.18 bits per heavy atom. The number of nitrogens with one attached hydrogen (secondary N) is 1. The van der Waals surface area contributed by atoms with E-state index in [-0.39, 0.29) is 47.5 Å². The number of ketones is 6. The van der Waals surface area contributed by atoms with Gasteiger partial charge in [0.2, 0.25) is 5.91 Å².